The largest absolute Gasteiger partial charge is 0.494 e. The van der Waals surface area contributed by atoms with Gasteiger partial charge in [0.2, 0.25) is 0 Å². The fraction of sp³-hybridized carbons (Fsp3) is 0.316. The zero-order valence-corrected chi connectivity index (χ0v) is 16.5. The Kier molecular flexibility index (Phi) is 8.32. The maximum absolute atomic E-state index is 12.0. The minimum atomic E-state index is -0.323. The van der Waals surface area contributed by atoms with Crippen LogP contribution < -0.4 is 9.47 Å². The second-order valence-electron chi connectivity index (χ2n) is 5.30. The van der Waals surface area contributed by atoms with Gasteiger partial charge in [-0.05, 0) is 78.3 Å². The third-order valence-electron chi connectivity index (χ3n) is 3.38. The fourth-order valence-corrected chi connectivity index (χ4v) is 3.62. The van der Waals surface area contributed by atoms with E-state index in [1.807, 2.05) is 24.3 Å². The molecule has 0 unspecified atom stereocenters. The van der Waals surface area contributed by atoms with Gasteiger partial charge in [-0.1, -0.05) is 18.9 Å². The molecule has 0 amide bonds. The molecule has 0 aliphatic rings. The Morgan fingerprint density at radius 3 is 2.42 bits per heavy atom. The molecule has 2 aromatic rings. The van der Waals surface area contributed by atoms with Crippen molar-refractivity contribution in [2.45, 2.75) is 32.1 Å². The molecule has 3 nitrogen and oxygen atoms in total. The van der Waals surface area contributed by atoms with Crippen LogP contribution >= 0.6 is 33.9 Å². The Hall–Kier alpha value is -1.34. The predicted molar refractivity (Wildman–Crippen MR) is 107 cm³/mol. The molecule has 0 atom stereocenters. The molecule has 1 aromatic heterocycles. The molecule has 128 valence electrons. The average Bonchev–Trinajstić information content (AvgIpc) is 3.02. The van der Waals surface area contributed by atoms with Crippen molar-refractivity contribution in [3.63, 3.8) is 0 Å². The summed E-state index contributed by atoms with van der Waals surface area (Å²) in [5.41, 5.74) is 0. The van der Waals surface area contributed by atoms with Gasteiger partial charge in [0.05, 0.1) is 9.49 Å². The summed E-state index contributed by atoms with van der Waals surface area (Å²) < 4.78 is 12.1. The molecule has 0 spiro atoms. The van der Waals surface area contributed by atoms with Crippen molar-refractivity contribution in [3.05, 3.63) is 56.8 Å². The van der Waals surface area contributed by atoms with Gasteiger partial charge in [0.25, 0.3) is 0 Å². The summed E-state index contributed by atoms with van der Waals surface area (Å²) in [7, 11) is 0. The first kappa shape index (κ1) is 19.0. The monoisotopic (exact) mass is 456 g/mol. The Balaban J connectivity index is 1.70. The third-order valence-corrected chi connectivity index (χ3v) is 5.25. The van der Waals surface area contributed by atoms with Crippen LogP contribution in [0.4, 0.5) is 0 Å². The predicted octanol–water partition coefficient (Wildman–Crippen LogP) is 6.09. The quantitative estimate of drug-likeness (QED) is 0.143. The topological polar surface area (TPSA) is 35.5 Å². The summed E-state index contributed by atoms with van der Waals surface area (Å²) in [5.74, 6) is 1.00. The van der Waals surface area contributed by atoms with Crippen LogP contribution in [0.5, 0.6) is 11.5 Å². The van der Waals surface area contributed by atoms with Crippen LogP contribution in [0.2, 0.25) is 0 Å². The highest BCUT2D eigenvalue weighted by Gasteiger charge is 2.11. The van der Waals surface area contributed by atoms with E-state index in [9.17, 15) is 4.79 Å². The highest BCUT2D eigenvalue weighted by atomic mass is 127. The molecular weight excluding hydrogens is 435 g/mol. The normalized spacial score (nSPS) is 10.4. The lowest BCUT2D eigenvalue weighted by Crippen LogP contribution is -2.06. The van der Waals surface area contributed by atoms with Crippen LogP contribution in [0, 0.1) is 2.88 Å². The number of unbranched alkanes of at least 4 members (excludes halogenated alkanes) is 4. The van der Waals surface area contributed by atoms with E-state index < -0.39 is 0 Å². The van der Waals surface area contributed by atoms with Gasteiger partial charge in [0, 0.05) is 0 Å². The van der Waals surface area contributed by atoms with Gasteiger partial charge in [-0.2, -0.15) is 0 Å². The van der Waals surface area contributed by atoms with Crippen molar-refractivity contribution in [1.29, 1.82) is 0 Å². The number of hydrogen-bond acceptors (Lipinski definition) is 4. The molecule has 24 heavy (non-hydrogen) atoms. The first-order valence-electron chi connectivity index (χ1n) is 8.00. The van der Waals surface area contributed by atoms with E-state index in [0.29, 0.717) is 17.2 Å². The molecular formula is C19H21IO3S. The number of hydrogen-bond donors (Lipinski definition) is 0. The maximum atomic E-state index is 12.0. The van der Waals surface area contributed by atoms with Gasteiger partial charge >= 0.3 is 5.97 Å². The lowest BCUT2D eigenvalue weighted by Gasteiger charge is -2.07. The van der Waals surface area contributed by atoms with E-state index in [2.05, 4.69) is 29.2 Å². The van der Waals surface area contributed by atoms with Crippen LogP contribution in [-0.4, -0.2) is 12.6 Å². The van der Waals surface area contributed by atoms with Crippen LogP contribution in [0.25, 0.3) is 0 Å². The second kappa shape index (κ2) is 10.5. The SMILES string of the molecule is C=CCCCCCCOc1ccc(OC(=O)c2ccc(I)s2)cc1. The first-order chi connectivity index (χ1) is 11.7. The lowest BCUT2D eigenvalue weighted by molar-refractivity contribution is 0.0739. The molecule has 2 rings (SSSR count). The zero-order valence-electron chi connectivity index (χ0n) is 13.5. The summed E-state index contributed by atoms with van der Waals surface area (Å²) in [6.45, 7) is 4.43. The smallest absolute Gasteiger partial charge is 0.353 e. The van der Waals surface area contributed by atoms with E-state index >= 15 is 0 Å². The number of allylic oxidation sites excluding steroid dienone is 1. The summed E-state index contributed by atoms with van der Waals surface area (Å²) in [4.78, 5) is 12.6. The van der Waals surface area contributed by atoms with Gasteiger partial charge in [-0.3, -0.25) is 0 Å². The number of ether oxygens (including phenoxy) is 2. The van der Waals surface area contributed by atoms with Crippen LogP contribution in [0.3, 0.4) is 0 Å². The Morgan fingerprint density at radius 1 is 1.04 bits per heavy atom. The highest BCUT2D eigenvalue weighted by Crippen LogP contribution is 2.22. The number of esters is 1. The standard InChI is InChI=1S/C19H21IO3S/c1-2-3-4-5-6-7-14-22-15-8-10-16(11-9-15)23-19(21)17-12-13-18(20)24-17/h2,8-13H,1,3-7,14H2. The van der Waals surface area contributed by atoms with E-state index in [1.54, 1.807) is 18.2 Å². The van der Waals surface area contributed by atoms with Crippen molar-refractivity contribution in [2.75, 3.05) is 6.61 Å². The molecule has 0 N–H and O–H groups in total. The van der Waals surface area contributed by atoms with E-state index in [0.717, 1.165) is 21.5 Å². The van der Waals surface area contributed by atoms with Gasteiger partial charge in [-0.25, -0.2) is 4.79 Å². The summed E-state index contributed by atoms with van der Waals surface area (Å²) in [6.07, 6.45) is 7.68. The van der Waals surface area contributed by atoms with Crippen molar-refractivity contribution in [3.8, 4) is 11.5 Å². The van der Waals surface area contributed by atoms with Crippen LogP contribution in [0.1, 0.15) is 41.8 Å². The fourth-order valence-electron chi connectivity index (χ4n) is 2.12. The molecule has 0 fully saturated rings. The number of halogens is 1. The molecule has 1 heterocycles. The van der Waals surface area contributed by atoms with E-state index in [4.69, 9.17) is 9.47 Å². The minimum Gasteiger partial charge on any atom is -0.494 e. The molecule has 1 aromatic carbocycles. The molecule has 0 radical (unpaired) electrons. The molecule has 0 bridgehead atoms. The number of benzene rings is 1. The highest BCUT2D eigenvalue weighted by molar-refractivity contribution is 14.1. The Labute approximate surface area is 160 Å². The number of carbonyl (C=O) groups excluding carboxylic acids is 1. The minimum absolute atomic E-state index is 0.323. The van der Waals surface area contributed by atoms with Gasteiger partial charge in [-0.15, -0.1) is 17.9 Å². The molecule has 0 aliphatic heterocycles. The van der Waals surface area contributed by atoms with Crippen LogP contribution in [0.15, 0.2) is 49.1 Å². The molecule has 0 aliphatic carbocycles. The number of rotatable bonds is 10. The van der Waals surface area contributed by atoms with Crippen molar-refractivity contribution in [1.82, 2.24) is 0 Å². The molecule has 0 saturated heterocycles. The van der Waals surface area contributed by atoms with Crippen molar-refractivity contribution in [2.24, 2.45) is 0 Å². The summed E-state index contributed by atoms with van der Waals surface area (Å²) in [6, 6.07) is 10.9. The number of carbonyl (C=O) groups is 1. The Bertz CT molecular complexity index is 649. The lowest BCUT2D eigenvalue weighted by atomic mass is 10.1. The van der Waals surface area contributed by atoms with Gasteiger partial charge < -0.3 is 9.47 Å². The summed E-state index contributed by atoms with van der Waals surface area (Å²) in [5, 5.41) is 0. The van der Waals surface area contributed by atoms with Crippen molar-refractivity contribution < 1.29 is 14.3 Å². The first-order valence-corrected chi connectivity index (χ1v) is 9.90. The third kappa shape index (κ3) is 6.65. The van der Waals surface area contributed by atoms with Crippen LogP contribution in [-0.2, 0) is 0 Å². The summed E-state index contributed by atoms with van der Waals surface area (Å²) >= 11 is 3.60. The van der Waals surface area contributed by atoms with Gasteiger partial charge in [0.1, 0.15) is 16.4 Å². The molecule has 5 heteroatoms. The molecule has 0 saturated carbocycles. The van der Waals surface area contributed by atoms with Crippen molar-refractivity contribution >= 4 is 39.9 Å². The second-order valence-corrected chi connectivity index (χ2v) is 8.28. The maximum Gasteiger partial charge on any atom is 0.353 e. The van der Waals surface area contributed by atoms with E-state index in [1.165, 1.54) is 30.6 Å². The van der Waals surface area contributed by atoms with Gasteiger partial charge in [0.15, 0.2) is 0 Å². The average molecular weight is 456 g/mol. The van der Waals surface area contributed by atoms with E-state index in [-0.39, 0.29) is 5.97 Å². The zero-order chi connectivity index (χ0) is 17.2. The Morgan fingerprint density at radius 2 is 1.75 bits per heavy atom. The number of thiophene rings is 1.